The summed E-state index contributed by atoms with van der Waals surface area (Å²) < 4.78 is 0. The number of carbonyl (C=O) groups is 2. The van der Waals surface area contributed by atoms with Gasteiger partial charge in [-0.15, -0.1) is 11.8 Å². The van der Waals surface area contributed by atoms with Crippen LogP contribution in [0.5, 0.6) is 0 Å². The van der Waals surface area contributed by atoms with Gasteiger partial charge in [0.05, 0.1) is 5.25 Å². The van der Waals surface area contributed by atoms with Crippen LogP contribution in [0.4, 0.5) is 5.69 Å². The van der Waals surface area contributed by atoms with Crippen LogP contribution in [0.1, 0.15) is 25.8 Å². The van der Waals surface area contributed by atoms with E-state index in [1.807, 2.05) is 48.4 Å². The Morgan fingerprint density at radius 2 is 2.03 bits per heavy atom. The number of fused-ring (bicyclic) bond motifs is 1. The number of nitrogens with one attached hydrogen (secondary N) is 2. The lowest BCUT2D eigenvalue weighted by Gasteiger charge is -2.28. The Balaban J connectivity index is 1.38. The Hall–Kier alpha value is -3.06. The number of benzene rings is 1. The lowest BCUT2D eigenvalue weighted by molar-refractivity contribution is -0.129. The SMILES string of the molecule is CC(=O)Nc1ccc(SC(C)C(=O)N2CC=C(c3c[nH]c4ncccc34)CC2)cc1. The normalized spacial score (nSPS) is 15.0. The first-order chi connectivity index (χ1) is 14.5. The molecular formula is C23H24N4O2S. The summed E-state index contributed by atoms with van der Waals surface area (Å²) >= 11 is 1.54. The van der Waals surface area contributed by atoms with Gasteiger partial charge < -0.3 is 15.2 Å². The molecule has 154 valence electrons. The second-order valence-electron chi connectivity index (χ2n) is 7.33. The zero-order valence-electron chi connectivity index (χ0n) is 17.0. The molecule has 4 rings (SSSR count). The van der Waals surface area contributed by atoms with Crippen molar-refractivity contribution in [1.82, 2.24) is 14.9 Å². The summed E-state index contributed by atoms with van der Waals surface area (Å²) in [6, 6.07) is 11.6. The van der Waals surface area contributed by atoms with Crippen LogP contribution in [-0.4, -0.2) is 45.0 Å². The second-order valence-corrected chi connectivity index (χ2v) is 8.75. The predicted molar refractivity (Wildman–Crippen MR) is 121 cm³/mol. The van der Waals surface area contributed by atoms with Crippen LogP contribution in [0.2, 0.25) is 0 Å². The molecule has 3 aromatic rings. The largest absolute Gasteiger partial charge is 0.346 e. The van der Waals surface area contributed by atoms with Crippen molar-refractivity contribution < 1.29 is 9.59 Å². The van der Waals surface area contributed by atoms with E-state index < -0.39 is 0 Å². The van der Waals surface area contributed by atoms with E-state index >= 15 is 0 Å². The van der Waals surface area contributed by atoms with E-state index in [1.165, 1.54) is 29.8 Å². The van der Waals surface area contributed by atoms with Crippen LogP contribution < -0.4 is 5.32 Å². The fraction of sp³-hybridized carbons (Fsp3) is 0.261. The lowest BCUT2D eigenvalue weighted by atomic mass is 9.99. The lowest BCUT2D eigenvalue weighted by Crippen LogP contribution is -2.39. The maximum atomic E-state index is 12.9. The Morgan fingerprint density at radius 1 is 1.23 bits per heavy atom. The quantitative estimate of drug-likeness (QED) is 0.603. The maximum absolute atomic E-state index is 12.9. The van der Waals surface area contributed by atoms with Crippen molar-refractivity contribution in [2.75, 3.05) is 18.4 Å². The van der Waals surface area contributed by atoms with E-state index in [0.29, 0.717) is 13.1 Å². The number of aromatic nitrogens is 2. The molecule has 1 aliphatic rings. The smallest absolute Gasteiger partial charge is 0.236 e. The first kappa shape index (κ1) is 20.2. The minimum atomic E-state index is -0.177. The molecule has 0 spiro atoms. The van der Waals surface area contributed by atoms with Crippen LogP contribution in [0, 0.1) is 0 Å². The van der Waals surface area contributed by atoms with Gasteiger partial charge in [0.1, 0.15) is 5.65 Å². The van der Waals surface area contributed by atoms with Crippen molar-refractivity contribution in [1.29, 1.82) is 0 Å². The molecule has 2 aromatic heterocycles. The average Bonchev–Trinajstić information content (AvgIpc) is 3.18. The van der Waals surface area contributed by atoms with Gasteiger partial charge in [0, 0.05) is 53.9 Å². The molecule has 2 amide bonds. The first-order valence-corrected chi connectivity index (χ1v) is 10.8. The summed E-state index contributed by atoms with van der Waals surface area (Å²) in [6.45, 7) is 4.76. The van der Waals surface area contributed by atoms with Crippen LogP contribution in [0.25, 0.3) is 16.6 Å². The van der Waals surface area contributed by atoms with E-state index in [4.69, 9.17) is 0 Å². The molecule has 0 aliphatic carbocycles. The van der Waals surface area contributed by atoms with E-state index in [1.54, 1.807) is 6.20 Å². The van der Waals surface area contributed by atoms with Crippen LogP contribution in [-0.2, 0) is 9.59 Å². The fourth-order valence-electron chi connectivity index (χ4n) is 3.67. The van der Waals surface area contributed by atoms with E-state index in [9.17, 15) is 9.59 Å². The molecule has 2 N–H and O–H groups in total. The average molecular weight is 421 g/mol. The molecule has 1 aromatic carbocycles. The minimum absolute atomic E-state index is 0.0969. The third kappa shape index (κ3) is 4.41. The Morgan fingerprint density at radius 3 is 2.73 bits per heavy atom. The van der Waals surface area contributed by atoms with Crippen molar-refractivity contribution in [2.45, 2.75) is 30.4 Å². The highest BCUT2D eigenvalue weighted by molar-refractivity contribution is 8.00. The summed E-state index contributed by atoms with van der Waals surface area (Å²) in [6.07, 6.45) is 6.77. The van der Waals surface area contributed by atoms with E-state index in [2.05, 4.69) is 27.4 Å². The number of pyridine rings is 1. The number of thioether (sulfide) groups is 1. The molecule has 3 heterocycles. The van der Waals surface area contributed by atoms with Gasteiger partial charge >= 0.3 is 0 Å². The van der Waals surface area contributed by atoms with Crippen LogP contribution in [0.3, 0.4) is 0 Å². The number of rotatable bonds is 5. The van der Waals surface area contributed by atoms with Crippen LogP contribution in [0.15, 0.2) is 59.8 Å². The number of amides is 2. The number of carbonyl (C=O) groups excluding carboxylic acids is 2. The molecule has 0 fully saturated rings. The van der Waals surface area contributed by atoms with Gasteiger partial charge in [-0.2, -0.15) is 0 Å². The Kier molecular flexibility index (Phi) is 5.90. The summed E-state index contributed by atoms with van der Waals surface area (Å²) in [5.74, 6) is 0.0437. The fourth-order valence-corrected chi connectivity index (χ4v) is 4.62. The zero-order chi connectivity index (χ0) is 21.1. The molecule has 0 bridgehead atoms. The molecule has 0 saturated carbocycles. The summed E-state index contributed by atoms with van der Waals surface area (Å²) in [5.41, 5.74) is 4.08. The van der Waals surface area contributed by atoms with Gasteiger partial charge in [-0.05, 0) is 55.3 Å². The number of hydrogen-bond acceptors (Lipinski definition) is 4. The maximum Gasteiger partial charge on any atom is 0.236 e. The van der Waals surface area contributed by atoms with Gasteiger partial charge in [0.2, 0.25) is 11.8 Å². The van der Waals surface area contributed by atoms with Gasteiger partial charge in [0.25, 0.3) is 0 Å². The van der Waals surface area contributed by atoms with E-state index in [0.717, 1.165) is 28.0 Å². The topological polar surface area (TPSA) is 78.1 Å². The molecule has 1 aliphatic heterocycles. The third-order valence-electron chi connectivity index (χ3n) is 5.15. The minimum Gasteiger partial charge on any atom is -0.346 e. The standard InChI is InChI=1S/C23H24N4O2S/c1-15(30-19-7-5-18(6-8-19)26-16(2)28)23(29)27-12-9-17(10-13-27)21-14-25-22-20(21)4-3-11-24-22/h3-9,11,14-15H,10,12-13H2,1-2H3,(H,24,25)(H,26,28). The molecule has 30 heavy (non-hydrogen) atoms. The number of nitrogens with zero attached hydrogens (tertiary/aromatic N) is 2. The highest BCUT2D eigenvalue weighted by Gasteiger charge is 2.24. The molecule has 0 radical (unpaired) electrons. The second kappa shape index (κ2) is 8.75. The number of aromatic amines is 1. The molecule has 6 nitrogen and oxygen atoms in total. The monoisotopic (exact) mass is 420 g/mol. The van der Waals surface area contributed by atoms with Crippen molar-refractivity contribution in [3.8, 4) is 0 Å². The van der Waals surface area contributed by atoms with Crippen LogP contribution >= 0.6 is 11.8 Å². The van der Waals surface area contributed by atoms with Gasteiger partial charge in [0.15, 0.2) is 0 Å². The van der Waals surface area contributed by atoms with Crippen molar-refractivity contribution in [3.63, 3.8) is 0 Å². The predicted octanol–water partition coefficient (Wildman–Crippen LogP) is 4.32. The summed E-state index contributed by atoms with van der Waals surface area (Å²) in [7, 11) is 0. The molecule has 1 atom stereocenters. The molecule has 7 heteroatoms. The Labute approximate surface area is 179 Å². The van der Waals surface area contributed by atoms with E-state index in [-0.39, 0.29) is 17.1 Å². The van der Waals surface area contributed by atoms with Crippen molar-refractivity contribution >= 4 is 45.9 Å². The van der Waals surface area contributed by atoms with Gasteiger partial charge in [-0.25, -0.2) is 4.98 Å². The summed E-state index contributed by atoms with van der Waals surface area (Å²) in [4.78, 5) is 34.5. The highest BCUT2D eigenvalue weighted by atomic mass is 32.2. The van der Waals surface area contributed by atoms with Gasteiger partial charge in [-0.1, -0.05) is 6.08 Å². The molecule has 1 unspecified atom stereocenters. The van der Waals surface area contributed by atoms with Gasteiger partial charge in [-0.3, -0.25) is 9.59 Å². The number of hydrogen-bond donors (Lipinski definition) is 2. The molecule has 0 saturated heterocycles. The number of anilines is 1. The molecular weight excluding hydrogens is 396 g/mol. The Bertz CT molecular complexity index is 1100. The summed E-state index contributed by atoms with van der Waals surface area (Å²) in [5, 5.41) is 3.69. The third-order valence-corrected chi connectivity index (χ3v) is 6.25. The number of H-pyrrole nitrogens is 1. The van der Waals surface area contributed by atoms with Crippen molar-refractivity contribution in [3.05, 3.63) is 60.4 Å². The zero-order valence-corrected chi connectivity index (χ0v) is 17.8. The first-order valence-electron chi connectivity index (χ1n) is 9.96. The highest BCUT2D eigenvalue weighted by Crippen LogP contribution is 2.30. The van der Waals surface area contributed by atoms with Crippen molar-refractivity contribution in [2.24, 2.45) is 0 Å².